The first-order valence-electron chi connectivity index (χ1n) is 8.86. The molecule has 1 aliphatic carbocycles. The van der Waals surface area contributed by atoms with Crippen LogP contribution in [0.2, 0.25) is 0 Å². The predicted octanol–water partition coefficient (Wildman–Crippen LogP) is 2.24. The van der Waals surface area contributed by atoms with E-state index in [1.54, 1.807) is 0 Å². The maximum atomic E-state index is 12.5. The van der Waals surface area contributed by atoms with Gasteiger partial charge in [0.25, 0.3) is 0 Å². The van der Waals surface area contributed by atoms with Crippen molar-refractivity contribution in [2.24, 2.45) is 0 Å². The summed E-state index contributed by atoms with van der Waals surface area (Å²) in [6.07, 6.45) is 11.2. The molecule has 1 amide bonds. The molecule has 2 aliphatic rings. The highest BCUT2D eigenvalue weighted by Gasteiger charge is 2.25. The molecule has 1 heterocycles. The Morgan fingerprint density at radius 2 is 1.62 bits per heavy atom. The van der Waals surface area contributed by atoms with Gasteiger partial charge in [0.1, 0.15) is 0 Å². The van der Waals surface area contributed by atoms with E-state index in [1.165, 1.54) is 57.8 Å². The third kappa shape index (κ3) is 5.26. The van der Waals surface area contributed by atoms with Gasteiger partial charge in [-0.05, 0) is 52.6 Å². The summed E-state index contributed by atoms with van der Waals surface area (Å²) >= 11 is 0. The molecular formula is C17H33N3O. The molecule has 0 bridgehead atoms. The number of nitrogens with zero attached hydrogens (tertiary/aromatic N) is 2. The summed E-state index contributed by atoms with van der Waals surface area (Å²) in [4.78, 5) is 16.9. The molecule has 4 nitrogen and oxygen atoms in total. The molecule has 0 atom stereocenters. The van der Waals surface area contributed by atoms with Gasteiger partial charge in [0.15, 0.2) is 0 Å². The van der Waals surface area contributed by atoms with Crippen molar-refractivity contribution in [1.82, 2.24) is 15.1 Å². The van der Waals surface area contributed by atoms with Crippen molar-refractivity contribution in [3.05, 3.63) is 0 Å². The minimum absolute atomic E-state index is 0.343. The van der Waals surface area contributed by atoms with Gasteiger partial charge in [-0.3, -0.25) is 9.69 Å². The monoisotopic (exact) mass is 295 g/mol. The number of likely N-dealkylation sites (tertiary alicyclic amines) is 1. The largest absolute Gasteiger partial charge is 0.342 e. The van der Waals surface area contributed by atoms with Gasteiger partial charge in [-0.25, -0.2) is 0 Å². The molecule has 0 radical (unpaired) electrons. The standard InChI is InChI=1S/C17H33N3O/c1-18-15-8-10-16(11-9-15)19(2)14-17(21)20-12-6-4-3-5-7-13-20/h15-16,18H,3-14H2,1-2H3. The number of carbonyl (C=O) groups excluding carboxylic acids is 1. The Kier molecular flexibility index (Phi) is 6.97. The van der Waals surface area contributed by atoms with Gasteiger partial charge in [-0.1, -0.05) is 19.3 Å². The molecule has 21 heavy (non-hydrogen) atoms. The Hall–Kier alpha value is -0.610. The fourth-order valence-electron chi connectivity index (χ4n) is 3.74. The summed E-state index contributed by atoms with van der Waals surface area (Å²) in [6.45, 7) is 2.55. The molecule has 1 N–H and O–H groups in total. The quantitative estimate of drug-likeness (QED) is 0.864. The van der Waals surface area contributed by atoms with E-state index in [-0.39, 0.29) is 0 Å². The highest BCUT2D eigenvalue weighted by molar-refractivity contribution is 5.78. The number of hydrogen-bond acceptors (Lipinski definition) is 3. The average molecular weight is 295 g/mol. The maximum absolute atomic E-state index is 12.5. The van der Waals surface area contributed by atoms with Crippen LogP contribution in [0.5, 0.6) is 0 Å². The summed E-state index contributed by atoms with van der Waals surface area (Å²) in [5, 5.41) is 3.38. The van der Waals surface area contributed by atoms with E-state index in [1.807, 2.05) is 0 Å². The highest BCUT2D eigenvalue weighted by Crippen LogP contribution is 2.22. The molecule has 0 aromatic carbocycles. The maximum Gasteiger partial charge on any atom is 0.236 e. The molecule has 4 heteroatoms. The van der Waals surface area contributed by atoms with E-state index in [2.05, 4.69) is 29.2 Å². The van der Waals surface area contributed by atoms with Crippen LogP contribution < -0.4 is 5.32 Å². The topological polar surface area (TPSA) is 35.6 Å². The summed E-state index contributed by atoms with van der Waals surface area (Å²) in [7, 11) is 4.19. The number of likely N-dealkylation sites (N-methyl/N-ethyl adjacent to an activating group) is 1. The van der Waals surface area contributed by atoms with Crippen LogP contribution in [-0.2, 0) is 4.79 Å². The SMILES string of the molecule is CNC1CCC(N(C)CC(=O)N2CCCCCCC2)CC1. The van der Waals surface area contributed by atoms with E-state index in [4.69, 9.17) is 0 Å². The van der Waals surface area contributed by atoms with Crippen LogP contribution in [0.1, 0.15) is 57.8 Å². The second kappa shape index (κ2) is 8.74. The van der Waals surface area contributed by atoms with E-state index in [0.29, 0.717) is 24.5 Å². The molecule has 1 saturated carbocycles. The van der Waals surface area contributed by atoms with Crippen molar-refractivity contribution in [3.8, 4) is 0 Å². The van der Waals surface area contributed by atoms with Crippen molar-refractivity contribution < 1.29 is 4.79 Å². The van der Waals surface area contributed by atoms with Gasteiger partial charge in [-0.15, -0.1) is 0 Å². The fourth-order valence-corrected chi connectivity index (χ4v) is 3.74. The number of nitrogens with one attached hydrogen (secondary N) is 1. The van der Waals surface area contributed by atoms with Crippen molar-refractivity contribution >= 4 is 5.91 Å². The molecule has 0 unspecified atom stereocenters. The lowest BCUT2D eigenvalue weighted by Gasteiger charge is -2.35. The fraction of sp³-hybridized carbons (Fsp3) is 0.941. The van der Waals surface area contributed by atoms with Crippen LogP contribution in [0, 0.1) is 0 Å². The first kappa shape index (κ1) is 16.8. The first-order valence-corrected chi connectivity index (χ1v) is 8.86. The number of hydrogen-bond donors (Lipinski definition) is 1. The van der Waals surface area contributed by atoms with E-state index >= 15 is 0 Å². The zero-order valence-corrected chi connectivity index (χ0v) is 13.9. The number of rotatable bonds is 4. The highest BCUT2D eigenvalue weighted by atomic mass is 16.2. The lowest BCUT2D eigenvalue weighted by atomic mass is 9.90. The molecule has 122 valence electrons. The van der Waals surface area contributed by atoms with Crippen LogP contribution in [0.4, 0.5) is 0 Å². The van der Waals surface area contributed by atoms with Crippen LogP contribution in [-0.4, -0.2) is 61.5 Å². The molecule has 0 aromatic heterocycles. The molecule has 1 saturated heterocycles. The number of carbonyl (C=O) groups is 1. The van der Waals surface area contributed by atoms with Crippen LogP contribution in [0.3, 0.4) is 0 Å². The van der Waals surface area contributed by atoms with Gasteiger partial charge in [0, 0.05) is 25.2 Å². The first-order chi connectivity index (χ1) is 10.2. The lowest BCUT2D eigenvalue weighted by Crippen LogP contribution is -2.46. The van der Waals surface area contributed by atoms with Crippen molar-refractivity contribution in [1.29, 1.82) is 0 Å². The van der Waals surface area contributed by atoms with E-state index in [9.17, 15) is 4.79 Å². The molecule has 2 fully saturated rings. The Balaban J connectivity index is 1.75. The second-order valence-electron chi connectivity index (χ2n) is 6.86. The van der Waals surface area contributed by atoms with Gasteiger partial charge in [-0.2, -0.15) is 0 Å². The number of amides is 1. The molecule has 0 spiro atoms. The summed E-state index contributed by atoms with van der Waals surface area (Å²) in [5.74, 6) is 0.343. The molecule has 2 rings (SSSR count). The summed E-state index contributed by atoms with van der Waals surface area (Å²) in [5.41, 5.74) is 0. The minimum Gasteiger partial charge on any atom is -0.342 e. The Bertz CT molecular complexity index is 305. The minimum atomic E-state index is 0.343. The smallest absolute Gasteiger partial charge is 0.236 e. The van der Waals surface area contributed by atoms with Crippen LogP contribution in [0.15, 0.2) is 0 Å². The van der Waals surface area contributed by atoms with Gasteiger partial charge < -0.3 is 10.2 Å². The van der Waals surface area contributed by atoms with Crippen molar-refractivity contribution in [2.75, 3.05) is 33.7 Å². The average Bonchev–Trinajstić information content (AvgIpc) is 2.46. The zero-order chi connectivity index (χ0) is 15.1. The molecule has 0 aromatic rings. The van der Waals surface area contributed by atoms with Gasteiger partial charge in [0.2, 0.25) is 5.91 Å². The van der Waals surface area contributed by atoms with E-state index in [0.717, 1.165) is 13.1 Å². The van der Waals surface area contributed by atoms with E-state index < -0.39 is 0 Å². The van der Waals surface area contributed by atoms with Crippen molar-refractivity contribution in [3.63, 3.8) is 0 Å². The van der Waals surface area contributed by atoms with Crippen molar-refractivity contribution in [2.45, 2.75) is 69.9 Å². The Morgan fingerprint density at radius 1 is 1.05 bits per heavy atom. The Morgan fingerprint density at radius 3 is 2.19 bits per heavy atom. The van der Waals surface area contributed by atoms with Gasteiger partial charge >= 0.3 is 0 Å². The lowest BCUT2D eigenvalue weighted by molar-refractivity contribution is -0.133. The summed E-state index contributed by atoms with van der Waals surface area (Å²) < 4.78 is 0. The van der Waals surface area contributed by atoms with Crippen LogP contribution in [0.25, 0.3) is 0 Å². The zero-order valence-electron chi connectivity index (χ0n) is 13.9. The second-order valence-corrected chi connectivity index (χ2v) is 6.86. The predicted molar refractivity (Wildman–Crippen MR) is 87.4 cm³/mol. The Labute approximate surface area is 130 Å². The van der Waals surface area contributed by atoms with Gasteiger partial charge in [0.05, 0.1) is 6.54 Å². The van der Waals surface area contributed by atoms with Crippen LogP contribution >= 0.6 is 0 Å². The summed E-state index contributed by atoms with van der Waals surface area (Å²) in [6, 6.07) is 1.27. The normalized spacial score (nSPS) is 28.2. The third-order valence-electron chi connectivity index (χ3n) is 5.32. The molecular weight excluding hydrogens is 262 g/mol. The molecule has 1 aliphatic heterocycles. The third-order valence-corrected chi connectivity index (χ3v) is 5.32.